The lowest BCUT2D eigenvalue weighted by Gasteiger charge is -2.01. The van der Waals surface area contributed by atoms with Gasteiger partial charge in [0.2, 0.25) is 0 Å². The third-order valence-corrected chi connectivity index (χ3v) is 3.10. The molecule has 3 aromatic rings. The number of ether oxygens (including phenoxy) is 1. The fourth-order valence-corrected chi connectivity index (χ4v) is 2.20. The number of fused-ring (bicyclic) bond motifs is 1. The van der Waals surface area contributed by atoms with Crippen LogP contribution in [0.4, 0.5) is 0 Å². The summed E-state index contributed by atoms with van der Waals surface area (Å²) in [5.41, 5.74) is 3.30. The molecule has 0 fully saturated rings. The van der Waals surface area contributed by atoms with Crippen LogP contribution in [0.5, 0.6) is 5.75 Å². The molecule has 0 N–H and O–H groups in total. The SMILES string of the molecule is COc1cccc2c(Cc3ccccc3)coc12. The lowest BCUT2D eigenvalue weighted by atomic mass is 10.0. The number of hydrogen-bond acceptors (Lipinski definition) is 2. The second-order valence-corrected chi connectivity index (χ2v) is 4.26. The van der Waals surface area contributed by atoms with E-state index in [0.29, 0.717) is 0 Å². The van der Waals surface area contributed by atoms with Crippen LogP contribution in [0.15, 0.2) is 59.2 Å². The molecule has 0 aliphatic heterocycles. The van der Waals surface area contributed by atoms with Gasteiger partial charge in [-0.05, 0) is 11.6 Å². The Morgan fingerprint density at radius 2 is 1.83 bits per heavy atom. The number of benzene rings is 2. The Labute approximate surface area is 106 Å². The van der Waals surface area contributed by atoms with Gasteiger partial charge in [-0.1, -0.05) is 42.5 Å². The first-order valence-electron chi connectivity index (χ1n) is 5.95. The second kappa shape index (κ2) is 4.57. The maximum Gasteiger partial charge on any atom is 0.175 e. The number of rotatable bonds is 3. The van der Waals surface area contributed by atoms with Gasteiger partial charge in [-0.2, -0.15) is 0 Å². The summed E-state index contributed by atoms with van der Waals surface area (Å²) < 4.78 is 10.9. The first-order chi connectivity index (χ1) is 8.88. The van der Waals surface area contributed by atoms with Crippen LogP contribution in [0, 0.1) is 0 Å². The predicted molar refractivity (Wildman–Crippen MR) is 72.0 cm³/mol. The number of para-hydroxylation sites is 1. The molecule has 2 aromatic carbocycles. The fraction of sp³-hybridized carbons (Fsp3) is 0.125. The zero-order valence-electron chi connectivity index (χ0n) is 10.2. The van der Waals surface area contributed by atoms with Crippen molar-refractivity contribution in [3.8, 4) is 5.75 Å². The minimum Gasteiger partial charge on any atom is -0.493 e. The van der Waals surface area contributed by atoms with Gasteiger partial charge in [0, 0.05) is 17.4 Å². The van der Waals surface area contributed by atoms with Gasteiger partial charge in [0.1, 0.15) is 0 Å². The van der Waals surface area contributed by atoms with Crippen molar-refractivity contribution < 1.29 is 9.15 Å². The first kappa shape index (κ1) is 10.9. The molecule has 0 unspecified atom stereocenters. The molecule has 18 heavy (non-hydrogen) atoms. The van der Waals surface area contributed by atoms with Gasteiger partial charge >= 0.3 is 0 Å². The van der Waals surface area contributed by atoms with Crippen LogP contribution in [0.3, 0.4) is 0 Å². The molecule has 0 saturated carbocycles. The largest absolute Gasteiger partial charge is 0.493 e. The van der Waals surface area contributed by atoms with Crippen LogP contribution in [0.25, 0.3) is 11.0 Å². The highest BCUT2D eigenvalue weighted by molar-refractivity contribution is 5.86. The summed E-state index contributed by atoms with van der Waals surface area (Å²) in [6.45, 7) is 0. The van der Waals surface area contributed by atoms with Gasteiger partial charge in [0.15, 0.2) is 11.3 Å². The molecule has 3 rings (SSSR count). The minimum absolute atomic E-state index is 0.784. The highest BCUT2D eigenvalue weighted by Crippen LogP contribution is 2.30. The van der Waals surface area contributed by atoms with E-state index in [2.05, 4.69) is 30.3 Å². The molecule has 0 bridgehead atoms. The molecule has 2 heteroatoms. The Morgan fingerprint density at radius 1 is 1.00 bits per heavy atom. The lowest BCUT2D eigenvalue weighted by molar-refractivity contribution is 0.410. The van der Waals surface area contributed by atoms with Gasteiger partial charge in [-0.3, -0.25) is 0 Å². The van der Waals surface area contributed by atoms with Crippen molar-refractivity contribution in [1.29, 1.82) is 0 Å². The summed E-state index contributed by atoms with van der Waals surface area (Å²) in [5.74, 6) is 0.784. The van der Waals surface area contributed by atoms with Crippen molar-refractivity contribution in [2.45, 2.75) is 6.42 Å². The highest BCUT2D eigenvalue weighted by Gasteiger charge is 2.10. The summed E-state index contributed by atoms with van der Waals surface area (Å²) in [4.78, 5) is 0. The first-order valence-corrected chi connectivity index (χ1v) is 5.95. The van der Waals surface area contributed by atoms with Crippen molar-refractivity contribution in [2.24, 2.45) is 0 Å². The van der Waals surface area contributed by atoms with Crippen molar-refractivity contribution in [3.63, 3.8) is 0 Å². The zero-order chi connectivity index (χ0) is 12.4. The van der Waals surface area contributed by atoms with E-state index in [-0.39, 0.29) is 0 Å². The van der Waals surface area contributed by atoms with Gasteiger partial charge in [-0.15, -0.1) is 0 Å². The maximum atomic E-state index is 5.62. The van der Waals surface area contributed by atoms with E-state index < -0.39 is 0 Å². The fourth-order valence-electron chi connectivity index (χ4n) is 2.20. The van der Waals surface area contributed by atoms with E-state index in [1.54, 1.807) is 7.11 Å². The van der Waals surface area contributed by atoms with Crippen molar-refractivity contribution >= 4 is 11.0 Å². The van der Waals surface area contributed by atoms with E-state index in [9.17, 15) is 0 Å². The highest BCUT2D eigenvalue weighted by atomic mass is 16.5. The molecule has 0 spiro atoms. The Balaban J connectivity index is 2.03. The monoisotopic (exact) mass is 238 g/mol. The molecule has 0 aliphatic carbocycles. The Kier molecular flexibility index (Phi) is 2.77. The van der Waals surface area contributed by atoms with Crippen LogP contribution in [-0.4, -0.2) is 7.11 Å². The molecule has 0 aliphatic rings. The molecule has 1 aromatic heterocycles. The summed E-state index contributed by atoms with van der Waals surface area (Å²) in [6.07, 6.45) is 2.70. The van der Waals surface area contributed by atoms with Crippen molar-refractivity contribution in [2.75, 3.05) is 7.11 Å². The van der Waals surface area contributed by atoms with Crippen LogP contribution >= 0.6 is 0 Å². The molecule has 2 nitrogen and oxygen atoms in total. The van der Waals surface area contributed by atoms with E-state index in [0.717, 1.165) is 23.1 Å². The van der Waals surface area contributed by atoms with E-state index in [1.807, 2.05) is 24.5 Å². The van der Waals surface area contributed by atoms with Gasteiger partial charge in [0.25, 0.3) is 0 Å². The van der Waals surface area contributed by atoms with Crippen LogP contribution in [-0.2, 0) is 6.42 Å². The van der Waals surface area contributed by atoms with Gasteiger partial charge in [0.05, 0.1) is 13.4 Å². The lowest BCUT2D eigenvalue weighted by Crippen LogP contribution is -1.86. The molecular weight excluding hydrogens is 224 g/mol. The van der Waals surface area contributed by atoms with Gasteiger partial charge < -0.3 is 9.15 Å². The Bertz CT molecular complexity index is 653. The number of furan rings is 1. The molecule has 0 atom stereocenters. The molecule has 90 valence electrons. The Hall–Kier alpha value is -2.22. The van der Waals surface area contributed by atoms with Crippen molar-refractivity contribution in [1.82, 2.24) is 0 Å². The molecule has 0 saturated heterocycles. The molecule has 1 heterocycles. The average molecular weight is 238 g/mol. The van der Waals surface area contributed by atoms with E-state index >= 15 is 0 Å². The number of methoxy groups -OCH3 is 1. The minimum atomic E-state index is 0.784. The van der Waals surface area contributed by atoms with E-state index in [4.69, 9.17) is 9.15 Å². The third-order valence-electron chi connectivity index (χ3n) is 3.10. The predicted octanol–water partition coefficient (Wildman–Crippen LogP) is 4.03. The molecular formula is C16H14O2. The molecule has 0 radical (unpaired) electrons. The van der Waals surface area contributed by atoms with E-state index in [1.165, 1.54) is 11.1 Å². The summed E-state index contributed by atoms with van der Waals surface area (Å²) in [5, 5.41) is 1.12. The summed E-state index contributed by atoms with van der Waals surface area (Å²) in [6, 6.07) is 16.4. The smallest absolute Gasteiger partial charge is 0.175 e. The zero-order valence-corrected chi connectivity index (χ0v) is 10.2. The van der Waals surface area contributed by atoms with Crippen LogP contribution < -0.4 is 4.74 Å². The van der Waals surface area contributed by atoms with Crippen LogP contribution in [0.1, 0.15) is 11.1 Å². The average Bonchev–Trinajstić information content (AvgIpc) is 2.83. The maximum absolute atomic E-state index is 5.62. The standard InChI is InChI=1S/C16H14O2/c1-17-15-9-5-8-14-13(11-18-16(14)15)10-12-6-3-2-4-7-12/h2-9,11H,10H2,1H3. The van der Waals surface area contributed by atoms with Gasteiger partial charge in [-0.25, -0.2) is 0 Å². The summed E-state index contributed by atoms with van der Waals surface area (Å²) in [7, 11) is 1.66. The van der Waals surface area contributed by atoms with Crippen molar-refractivity contribution in [3.05, 3.63) is 65.9 Å². The quantitative estimate of drug-likeness (QED) is 0.687. The molecule has 0 amide bonds. The number of hydrogen-bond donors (Lipinski definition) is 0. The normalized spacial score (nSPS) is 10.7. The Morgan fingerprint density at radius 3 is 2.61 bits per heavy atom. The third kappa shape index (κ3) is 1.86. The van der Waals surface area contributed by atoms with Crippen LogP contribution in [0.2, 0.25) is 0 Å². The second-order valence-electron chi connectivity index (χ2n) is 4.26. The topological polar surface area (TPSA) is 22.4 Å². The summed E-state index contributed by atoms with van der Waals surface area (Å²) >= 11 is 0.